The standard InChI is InChI=1S/C16H11Cl2NO4/c1-2-7-19-15(20)9-22-16(21)14-6-5-13(23-14)11-4-3-10(17)8-12(11)18/h1,3-6,8H,7,9H2,(H,19,20). The summed E-state index contributed by atoms with van der Waals surface area (Å²) in [5.41, 5.74) is 0.585. The Morgan fingerprint density at radius 1 is 1.26 bits per heavy atom. The normalized spacial score (nSPS) is 9.96. The Hall–Kier alpha value is -2.42. The molecule has 0 fully saturated rings. The third-order valence-electron chi connectivity index (χ3n) is 2.73. The van der Waals surface area contributed by atoms with E-state index in [9.17, 15) is 9.59 Å². The lowest BCUT2D eigenvalue weighted by molar-refractivity contribution is -0.124. The molecule has 0 atom stereocenters. The van der Waals surface area contributed by atoms with Crippen LogP contribution in [0, 0.1) is 12.3 Å². The van der Waals surface area contributed by atoms with Gasteiger partial charge >= 0.3 is 5.97 Å². The van der Waals surface area contributed by atoms with E-state index in [0.717, 1.165) is 0 Å². The predicted molar refractivity (Wildman–Crippen MR) is 86.3 cm³/mol. The molecule has 0 aliphatic rings. The highest BCUT2D eigenvalue weighted by molar-refractivity contribution is 6.36. The van der Waals surface area contributed by atoms with Crippen LogP contribution < -0.4 is 5.32 Å². The second kappa shape index (κ2) is 7.73. The number of amides is 1. The summed E-state index contributed by atoms with van der Waals surface area (Å²) in [7, 11) is 0. The van der Waals surface area contributed by atoms with E-state index in [1.807, 2.05) is 0 Å². The average Bonchev–Trinajstić information content (AvgIpc) is 3.00. The molecule has 7 heteroatoms. The molecule has 1 aromatic heterocycles. The van der Waals surface area contributed by atoms with E-state index in [2.05, 4.69) is 11.2 Å². The lowest BCUT2D eigenvalue weighted by Gasteiger charge is -2.03. The number of carbonyl (C=O) groups is 2. The molecule has 23 heavy (non-hydrogen) atoms. The fraction of sp³-hybridized carbons (Fsp3) is 0.125. The SMILES string of the molecule is C#CCNC(=O)COC(=O)c1ccc(-c2ccc(Cl)cc2Cl)o1. The van der Waals surface area contributed by atoms with E-state index in [0.29, 0.717) is 21.4 Å². The van der Waals surface area contributed by atoms with Gasteiger partial charge in [0.2, 0.25) is 5.76 Å². The first-order valence-electron chi connectivity index (χ1n) is 6.44. The van der Waals surface area contributed by atoms with Crippen molar-refractivity contribution in [2.75, 3.05) is 13.2 Å². The maximum atomic E-state index is 11.8. The van der Waals surface area contributed by atoms with Gasteiger partial charge in [-0.15, -0.1) is 6.42 Å². The summed E-state index contributed by atoms with van der Waals surface area (Å²) < 4.78 is 10.2. The molecule has 0 spiro atoms. The van der Waals surface area contributed by atoms with E-state index in [1.165, 1.54) is 6.07 Å². The quantitative estimate of drug-likeness (QED) is 0.663. The number of hydrogen-bond donors (Lipinski definition) is 1. The molecule has 0 aliphatic carbocycles. The molecule has 1 N–H and O–H groups in total. The Morgan fingerprint density at radius 3 is 2.74 bits per heavy atom. The molecule has 2 aromatic rings. The van der Waals surface area contributed by atoms with Crippen LogP contribution in [0.5, 0.6) is 0 Å². The first-order valence-corrected chi connectivity index (χ1v) is 7.19. The largest absolute Gasteiger partial charge is 0.450 e. The molecule has 0 bridgehead atoms. The number of carbonyl (C=O) groups excluding carboxylic acids is 2. The number of halogens is 2. The molecule has 1 heterocycles. The summed E-state index contributed by atoms with van der Waals surface area (Å²) in [5.74, 6) is 1.31. The number of hydrogen-bond acceptors (Lipinski definition) is 4. The van der Waals surface area contributed by atoms with E-state index in [1.54, 1.807) is 24.3 Å². The van der Waals surface area contributed by atoms with E-state index in [4.69, 9.17) is 38.8 Å². The number of benzene rings is 1. The summed E-state index contributed by atoms with van der Waals surface area (Å²) in [6, 6.07) is 7.89. The summed E-state index contributed by atoms with van der Waals surface area (Å²) in [5, 5.41) is 3.25. The van der Waals surface area contributed by atoms with Gasteiger partial charge in [-0.3, -0.25) is 4.79 Å². The zero-order chi connectivity index (χ0) is 16.8. The maximum Gasteiger partial charge on any atom is 0.374 e. The molecule has 0 unspecified atom stereocenters. The second-order valence-electron chi connectivity index (χ2n) is 4.35. The minimum absolute atomic E-state index is 0.0456. The number of ether oxygens (including phenoxy) is 1. The van der Waals surface area contributed by atoms with Crippen LogP contribution in [0.25, 0.3) is 11.3 Å². The van der Waals surface area contributed by atoms with Gasteiger partial charge in [0.15, 0.2) is 6.61 Å². The zero-order valence-corrected chi connectivity index (χ0v) is 13.3. The van der Waals surface area contributed by atoms with Gasteiger partial charge in [0.1, 0.15) is 5.76 Å². The molecular formula is C16H11Cl2NO4. The molecule has 0 saturated heterocycles. The summed E-state index contributed by atoms with van der Waals surface area (Å²) in [4.78, 5) is 23.1. The van der Waals surface area contributed by atoms with Crippen molar-refractivity contribution < 1.29 is 18.7 Å². The molecule has 118 valence electrons. The number of terminal acetylenes is 1. The third-order valence-corrected chi connectivity index (χ3v) is 3.27. The molecular weight excluding hydrogens is 341 g/mol. The zero-order valence-electron chi connectivity index (χ0n) is 11.8. The van der Waals surface area contributed by atoms with Gasteiger partial charge < -0.3 is 14.5 Å². The van der Waals surface area contributed by atoms with Crippen molar-refractivity contribution in [3.05, 3.63) is 46.1 Å². The lowest BCUT2D eigenvalue weighted by atomic mass is 10.2. The maximum absolute atomic E-state index is 11.8. The van der Waals surface area contributed by atoms with Crippen molar-refractivity contribution in [3.8, 4) is 23.7 Å². The summed E-state index contributed by atoms with van der Waals surface area (Å²) >= 11 is 11.9. The summed E-state index contributed by atoms with van der Waals surface area (Å²) in [6.45, 7) is -0.380. The topological polar surface area (TPSA) is 68.5 Å². The van der Waals surface area contributed by atoms with Gasteiger partial charge in [-0.1, -0.05) is 29.1 Å². The van der Waals surface area contributed by atoms with Gasteiger partial charge in [0.25, 0.3) is 5.91 Å². The van der Waals surface area contributed by atoms with Crippen LogP contribution in [0.1, 0.15) is 10.6 Å². The highest BCUT2D eigenvalue weighted by atomic mass is 35.5. The smallest absolute Gasteiger partial charge is 0.374 e. The molecule has 1 aromatic carbocycles. The van der Waals surface area contributed by atoms with Crippen molar-refractivity contribution in [3.63, 3.8) is 0 Å². The Morgan fingerprint density at radius 2 is 2.04 bits per heavy atom. The molecule has 0 radical (unpaired) electrons. The van der Waals surface area contributed by atoms with E-state index >= 15 is 0 Å². The number of nitrogens with one attached hydrogen (secondary N) is 1. The third kappa shape index (κ3) is 4.52. The molecule has 0 saturated carbocycles. The van der Waals surface area contributed by atoms with Gasteiger partial charge in [0, 0.05) is 10.6 Å². The first-order chi connectivity index (χ1) is 11.0. The van der Waals surface area contributed by atoms with Crippen LogP contribution >= 0.6 is 23.2 Å². The van der Waals surface area contributed by atoms with E-state index in [-0.39, 0.29) is 12.3 Å². The van der Waals surface area contributed by atoms with Gasteiger partial charge in [0.05, 0.1) is 11.6 Å². The van der Waals surface area contributed by atoms with Gasteiger partial charge in [-0.2, -0.15) is 0 Å². The highest BCUT2D eigenvalue weighted by Gasteiger charge is 2.16. The van der Waals surface area contributed by atoms with Crippen molar-refractivity contribution in [1.29, 1.82) is 0 Å². The van der Waals surface area contributed by atoms with Crippen LogP contribution in [0.15, 0.2) is 34.7 Å². The second-order valence-corrected chi connectivity index (χ2v) is 5.19. The van der Waals surface area contributed by atoms with Crippen molar-refractivity contribution in [2.24, 2.45) is 0 Å². The first kappa shape index (κ1) is 16.9. The fourth-order valence-corrected chi connectivity index (χ4v) is 2.19. The van der Waals surface area contributed by atoms with Gasteiger partial charge in [-0.05, 0) is 30.3 Å². The monoisotopic (exact) mass is 351 g/mol. The van der Waals surface area contributed by atoms with Crippen LogP contribution in [-0.2, 0) is 9.53 Å². The highest BCUT2D eigenvalue weighted by Crippen LogP contribution is 2.31. The van der Waals surface area contributed by atoms with Crippen molar-refractivity contribution in [1.82, 2.24) is 5.32 Å². The van der Waals surface area contributed by atoms with Crippen LogP contribution in [0.3, 0.4) is 0 Å². The van der Waals surface area contributed by atoms with Crippen LogP contribution in [-0.4, -0.2) is 25.0 Å². The number of furan rings is 1. The molecule has 1 amide bonds. The average molecular weight is 352 g/mol. The Balaban J connectivity index is 2.03. The molecule has 0 aliphatic heterocycles. The van der Waals surface area contributed by atoms with Crippen molar-refractivity contribution in [2.45, 2.75) is 0 Å². The minimum atomic E-state index is -0.766. The minimum Gasteiger partial charge on any atom is -0.450 e. The predicted octanol–water partition coefficient (Wildman–Crippen LogP) is 3.16. The Kier molecular flexibility index (Phi) is 5.69. The van der Waals surface area contributed by atoms with Crippen LogP contribution in [0.2, 0.25) is 10.0 Å². The molecule has 2 rings (SSSR count). The molecule has 5 nitrogen and oxygen atoms in total. The van der Waals surface area contributed by atoms with Crippen molar-refractivity contribution >= 4 is 35.1 Å². The fourth-order valence-electron chi connectivity index (χ4n) is 1.68. The van der Waals surface area contributed by atoms with Crippen LogP contribution in [0.4, 0.5) is 0 Å². The Labute approximate surface area is 142 Å². The number of esters is 1. The Bertz CT molecular complexity index is 777. The van der Waals surface area contributed by atoms with Gasteiger partial charge in [-0.25, -0.2) is 4.79 Å². The number of rotatable bonds is 5. The van der Waals surface area contributed by atoms with E-state index < -0.39 is 18.5 Å². The summed E-state index contributed by atoms with van der Waals surface area (Å²) in [6.07, 6.45) is 5.00. The lowest BCUT2D eigenvalue weighted by Crippen LogP contribution is -2.28.